The second-order valence-electron chi connectivity index (χ2n) is 4.54. The Morgan fingerprint density at radius 3 is 2.73 bits per heavy atom. The van der Waals surface area contributed by atoms with Crippen LogP contribution in [0.25, 0.3) is 0 Å². The van der Waals surface area contributed by atoms with Crippen LogP contribution in [0.15, 0.2) is 0 Å². The fourth-order valence-corrected chi connectivity index (χ4v) is 2.18. The van der Waals surface area contributed by atoms with Crippen molar-refractivity contribution in [2.24, 2.45) is 0 Å². The van der Waals surface area contributed by atoms with Crippen LogP contribution in [0.1, 0.15) is 26.2 Å². The van der Waals surface area contributed by atoms with E-state index in [9.17, 15) is 4.79 Å². The molecule has 1 heterocycles. The summed E-state index contributed by atoms with van der Waals surface area (Å²) in [5.41, 5.74) is 0. The number of morpholine rings is 1. The molecule has 4 nitrogen and oxygen atoms in total. The lowest BCUT2D eigenvalue weighted by Gasteiger charge is -2.39. The van der Waals surface area contributed by atoms with E-state index in [0.29, 0.717) is 12.6 Å². The van der Waals surface area contributed by atoms with Gasteiger partial charge in [0.2, 0.25) is 5.91 Å². The van der Waals surface area contributed by atoms with E-state index < -0.39 is 0 Å². The fourth-order valence-electron chi connectivity index (χ4n) is 2.18. The van der Waals surface area contributed by atoms with Crippen molar-refractivity contribution in [1.29, 1.82) is 0 Å². The van der Waals surface area contributed by atoms with Gasteiger partial charge in [0.1, 0.15) is 6.04 Å². The van der Waals surface area contributed by atoms with E-state index >= 15 is 0 Å². The van der Waals surface area contributed by atoms with Gasteiger partial charge >= 0.3 is 0 Å². The Labute approximate surface area is 91.0 Å². The van der Waals surface area contributed by atoms with Gasteiger partial charge in [0.25, 0.3) is 0 Å². The van der Waals surface area contributed by atoms with Gasteiger partial charge in [0, 0.05) is 19.6 Å². The van der Waals surface area contributed by atoms with Gasteiger partial charge in [-0.15, -0.1) is 0 Å². The zero-order chi connectivity index (χ0) is 10.8. The van der Waals surface area contributed by atoms with Crippen LogP contribution in [0.4, 0.5) is 0 Å². The van der Waals surface area contributed by atoms with Gasteiger partial charge < -0.3 is 15.0 Å². The van der Waals surface area contributed by atoms with E-state index in [-0.39, 0.29) is 18.1 Å². The Bertz CT molecular complexity index is 241. The molecule has 1 saturated carbocycles. The van der Waals surface area contributed by atoms with Gasteiger partial charge in [-0.2, -0.15) is 0 Å². The van der Waals surface area contributed by atoms with Crippen LogP contribution in [-0.4, -0.2) is 49.2 Å². The number of carbonyl (C=O) groups is 1. The van der Waals surface area contributed by atoms with Crippen molar-refractivity contribution in [2.75, 3.05) is 20.2 Å². The molecule has 2 aliphatic rings. The fraction of sp³-hybridized carbons (Fsp3) is 0.909. The number of rotatable bonds is 2. The molecule has 0 aromatic rings. The van der Waals surface area contributed by atoms with Crippen molar-refractivity contribution in [3.63, 3.8) is 0 Å². The lowest BCUT2D eigenvalue weighted by molar-refractivity contribution is -0.141. The molecule has 1 saturated heterocycles. The van der Waals surface area contributed by atoms with Crippen molar-refractivity contribution < 1.29 is 9.53 Å². The standard InChI is InChI=1S/C11H20N2O2/c1-8-10(12-6-7-15-8)11(14)13(2)9-4-3-5-9/h8-10,12H,3-7H2,1-2H3/t8-,10+/m1/s1. The summed E-state index contributed by atoms with van der Waals surface area (Å²) in [4.78, 5) is 14.0. The summed E-state index contributed by atoms with van der Waals surface area (Å²) in [6.45, 7) is 3.45. The first-order valence-electron chi connectivity index (χ1n) is 5.82. The van der Waals surface area contributed by atoms with Crippen molar-refractivity contribution in [2.45, 2.75) is 44.4 Å². The molecule has 1 aliphatic heterocycles. The van der Waals surface area contributed by atoms with Crippen LogP contribution < -0.4 is 5.32 Å². The molecule has 2 fully saturated rings. The number of carbonyl (C=O) groups excluding carboxylic acids is 1. The van der Waals surface area contributed by atoms with Crippen molar-refractivity contribution in [1.82, 2.24) is 10.2 Å². The first-order chi connectivity index (χ1) is 7.20. The molecule has 4 heteroatoms. The third-order valence-electron chi connectivity index (χ3n) is 3.55. The average molecular weight is 212 g/mol. The topological polar surface area (TPSA) is 41.6 Å². The number of ether oxygens (including phenoxy) is 1. The highest BCUT2D eigenvalue weighted by atomic mass is 16.5. The molecule has 0 radical (unpaired) electrons. The predicted octanol–water partition coefficient (Wildman–Crippen LogP) is 0.374. The monoisotopic (exact) mass is 212 g/mol. The Balaban J connectivity index is 1.92. The summed E-state index contributed by atoms with van der Waals surface area (Å²) in [6.07, 6.45) is 3.56. The van der Waals surface area contributed by atoms with Crippen LogP contribution in [0.5, 0.6) is 0 Å². The van der Waals surface area contributed by atoms with E-state index in [4.69, 9.17) is 4.74 Å². The molecule has 2 rings (SSSR count). The molecule has 2 atom stereocenters. The summed E-state index contributed by atoms with van der Waals surface area (Å²) < 4.78 is 5.48. The lowest BCUT2D eigenvalue weighted by atomic mass is 9.91. The van der Waals surface area contributed by atoms with E-state index in [1.807, 2.05) is 18.9 Å². The normalized spacial score (nSPS) is 32.1. The van der Waals surface area contributed by atoms with Crippen LogP contribution in [0, 0.1) is 0 Å². The quantitative estimate of drug-likeness (QED) is 0.719. The number of nitrogens with zero attached hydrogens (tertiary/aromatic N) is 1. The summed E-state index contributed by atoms with van der Waals surface area (Å²) in [5, 5.41) is 3.24. The number of hydrogen-bond donors (Lipinski definition) is 1. The lowest BCUT2D eigenvalue weighted by Crippen LogP contribution is -2.58. The van der Waals surface area contributed by atoms with Gasteiger partial charge in [-0.05, 0) is 26.2 Å². The summed E-state index contributed by atoms with van der Waals surface area (Å²) in [7, 11) is 1.91. The largest absolute Gasteiger partial charge is 0.375 e. The highest BCUT2D eigenvalue weighted by Gasteiger charge is 2.34. The Morgan fingerprint density at radius 1 is 1.47 bits per heavy atom. The van der Waals surface area contributed by atoms with Gasteiger partial charge in [0.05, 0.1) is 12.7 Å². The number of amides is 1. The van der Waals surface area contributed by atoms with Gasteiger partial charge in [-0.1, -0.05) is 0 Å². The van der Waals surface area contributed by atoms with Crippen LogP contribution in [0.3, 0.4) is 0 Å². The smallest absolute Gasteiger partial charge is 0.242 e. The minimum atomic E-state index is -0.149. The maximum atomic E-state index is 12.1. The minimum absolute atomic E-state index is 0.00576. The second kappa shape index (κ2) is 4.49. The highest BCUT2D eigenvalue weighted by Crippen LogP contribution is 2.24. The minimum Gasteiger partial charge on any atom is -0.375 e. The van der Waals surface area contributed by atoms with Gasteiger partial charge in [0.15, 0.2) is 0 Å². The first kappa shape index (κ1) is 10.9. The summed E-state index contributed by atoms with van der Waals surface area (Å²) >= 11 is 0. The first-order valence-corrected chi connectivity index (χ1v) is 5.82. The summed E-state index contributed by atoms with van der Waals surface area (Å²) in [6, 6.07) is 0.317. The maximum Gasteiger partial charge on any atom is 0.242 e. The number of nitrogens with one attached hydrogen (secondary N) is 1. The molecule has 0 bridgehead atoms. The molecular formula is C11H20N2O2. The molecule has 1 aliphatic carbocycles. The Kier molecular flexibility index (Phi) is 3.26. The number of hydrogen-bond acceptors (Lipinski definition) is 3. The molecular weight excluding hydrogens is 192 g/mol. The highest BCUT2D eigenvalue weighted by molar-refractivity contribution is 5.82. The van der Waals surface area contributed by atoms with Gasteiger partial charge in [-0.25, -0.2) is 0 Å². The molecule has 15 heavy (non-hydrogen) atoms. The van der Waals surface area contributed by atoms with E-state index in [1.165, 1.54) is 6.42 Å². The van der Waals surface area contributed by atoms with E-state index in [0.717, 1.165) is 19.4 Å². The van der Waals surface area contributed by atoms with Crippen molar-refractivity contribution in [3.05, 3.63) is 0 Å². The molecule has 0 unspecified atom stereocenters. The van der Waals surface area contributed by atoms with E-state index in [2.05, 4.69) is 5.32 Å². The van der Waals surface area contributed by atoms with E-state index in [1.54, 1.807) is 0 Å². The zero-order valence-corrected chi connectivity index (χ0v) is 9.53. The van der Waals surface area contributed by atoms with Crippen molar-refractivity contribution in [3.8, 4) is 0 Å². The van der Waals surface area contributed by atoms with Gasteiger partial charge in [-0.3, -0.25) is 4.79 Å². The van der Waals surface area contributed by atoms with Crippen molar-refractivity contribution >= 4 is 5.91 Å². The predicted molar refractivity (Wildman–Crippen MR) is 57.6 cm³/mol. The molecule has 0 aromatic carbocycles. The molecule has 0 aromatic heterocycles. The Hall–Kier alpha value is -0.610. The third kappa shape index (κ3) is 2.16. The third-order valence-corrected chi connectivity index (χ3v) is 3.55. The maximum absolute atomic E-state index is 12.1. The molecule has 1 N–H and O–H groups in total. The summed E-state index contributed by atoms with van der Waals surface area (Å²) in [5.74, 6) is 0.187. The SMILES string of the molecule is C[C@H]1OCCN[C@@H]1C(=O)N(C)C1CCC1. The van der Waals surface area contributed by atoms with Crippen LogP contribution >= 0.6 is 0 Å². The zero-order valence-electron chi connectivity index (χ0n) is 9.53. The average Bonchev–Trinajstić information content (AvgIpc) is 2.15. The van der Waals surface area contributed by atoms with Crippen LogP contribution in [0.2, 0.25) is 0 Å². The Morgan fingerprint density at radius 2 is 2.20 bits per heavy atom. The molecule has 1 amide bonds. The second-order valence-corrected chi connectivity index (χ2v) is 4.54. The molecule has 0 spiro atoms. The van der Waals surface area contributed by atoms with Crippen LogP contribution in [-0.2, 0) is 9.53 Å². The molecule has 86 valence electrons. The number of likely N-dealkylation sites (N-methyl/N-ethyl adjacent to an activating group) is 1.